The lowest BCUT2D eigenvalue weighted by Gasteiger charge is -2.30. The lowest BCUT2D eigenvalue weighted by molar-refractivity contribution is -0.510. The summed E-state index contributed by atoms with van der Waals surface area (Å²) in [6.07, 6.45) is 0.00653. The van der Waals surface area contributed by atoms with Crippen LogP contribution in [-0.4, -0.2) is 30.6 Å². The fourth-order valence-corrected chi connectivity index (χ4v) is 3.33. The molecule has 0 heterocycles. The van der Waals surface area contributed by atoms with E-state index < -0.39 is 16.9 Å². The van der Waals surface area contributed by atoms with Crippen LogP contribution in [0.3, 0.4) is 0 Å². The number of nitro groups is 1. The van der Waals surface area contributed by atoms with E-state index in [1.165, 1.54) is 0 Å². The first kappa shape index (κ1) is 25.2. The van der Waals surface area contributed by atoms with Gasteiger partial charge in [-0.1, -0.05) is 59.7 Å². The predicted molar refractivity (Wildman–Crippen MR) is 126 cm³/mol. The Hall–Kier alpha value is -3.09. The third-order valence-electron chi connectivity index (χ3n) is 5.16. The number of nitrogens with zero attached hydrogens (tertiary/aromatic N) is 1. The molecule has 2 aromatic rings. The lowest BCUT2D eigenvalue weighted by Crippen LogP contribution is -2.36. The van der Waals surface area contributed by atoms with Crippen LogP contribution in [0.2, 0.25) is 0 Å². The van der Waals surface area contributed by atoms with Crippen LogP contribution < -0.4 is 14.8 Å². The highest BCUT2D eigenvalue weighted by atomic mass is 16.6. The van der Waals surface area contributed by atoms with Crippen molar-refractivity contribution in [3.63, 3.8) is 0 Å². The molecule has 2 aromatic carbocycles. The standard InChI is InChI=1S/C25H34N2O5/c1-24(2,3)19-15-18(31-7)16-20(25(4,5)6)22(19)32-23(28)21(27(29)30)13-14-26-17-11-9-8-10-12-17/h8-12,15-16,21,26H,13-14H2,1-7H3. The zero-order valence-electron chi connectivity index (χ0n) is 20.0. The zero-order chi connectivity index (χ0) is 24.1. The number of carbonyl (C=O) groups excluding carboxylic acids is 1. The Kier molecular flexibility index (Phi) is 7.88. The van der Waals surface area contributed by atoms with Gasteiger partial charge in [-0.25, -0.2) is 4.79 Å². The van der Waals surface area contributed by atoms with E-state index in [1.807, 2.05) is 84.0 Å². The number of hydrogen-bond acceptors (Lipinski definition) is 6. The van der Waals surface area contributed by atoms with Gasteiger partial charge in [-0.15, -0.1) is 0 Å². The van der Waals surface area contributed by atoms with Crippen LogP contribution in [0.5, 0.6) is 11.5 Å². The molecule has 174 valence electrons. The summed E-state index contributed by atoms with van der Waals surface area (Å²) in [4.78, 5) is 24.1. The van der Waals surface area contributed by atoms with Crippen LogP contribution in [0.1, 0.15) is 59.1 Å². The Morgan fingerprint density at radius 2 is 1.56 bits per heavy atom. The summed E-state index contributed by atoms with van der Waals surface area (Å²) in [7, 11) is 1.59. The smallest absolute Gasteiger partial charge is 0.387 e. The number of rotatable bonds is 8. The van der Waals surface area contributed by atoms with E-state index in [1.54, 1.807) is 7.11 Å². The van der Waals surface area contributed by atoms with Crippen molar-refractivity contribution in [2.24, 2.45) is 0 Å². The van der Waals surface area contributed by atoms with Crippen LogP contribution >= 0.6 is 0 Å². The number of anilines is 1. The molecule has 0 amide bonds. The molecule has 0 bridgehead atoms. The third kappa shape index (κ3) is 6.45. The molecule has 0 aromatic heterocycles. The van der Waals surface area contributed by atoms with E-state index in [2.05, 4.69) is 5.32 Å². The molecule has 0 aliphatic rings. The molecule has 2 rings (SSSR count). The third-order valence-corrected chi connectivity index (χ3v) is 5.16. The first-order chi connectivity index (χ1) is 14.8. The minimum absolute atomic E-state index is 0.00653. The highest BCUT2D eigenvalue weighted by Gasteiger charge is 2.35. The summed E-state index contributed by atoms with van der Waals surface area (Å²) in [5.41, 5.74) is 1.62. The number of ether oxygens (including phenoxy) is 2. The topological polar surface area (TPSA) is 90.7 Å². The van der Waals surface area contributed by atoms with Crippen LogP contribution in [-0.2, 0) is 15.6 Å². The number of para-hydroxylation sites is 1. The van der Waals surface area contributed by atoms with Gasteiger partial charge in [0.05, 0.1) is 7.11 Å². The van der Waals surface area contributed by atoms with Crippen molar-refractivity contribution in [2.75, 3.05) is 19.0 Å². The SMILES string of the molecule is COc1cc(C(C)(C)C)c(OC(=O)C(CCNc2ccccc2)[N+](=O)[O-])c(C(C)(C)C)c1. The zero-order valence-corrected chi connectivity index (χ0v) is 20.0. The van der Waals surface area contributed by atoms with Crippen molar-refractivity contribution in [2.45, 2.75) is 64.8 Å². The number of hydrogen-bond donors (Lipinski definition) is 1. The van der Waals surface area contributed by atoms with E-state index in [9.17, 15) is 14.9 Å². The molecule has 0 aliphatic carbocycles. The number of benzene rings is 2. The van der Waals surface area contributed by atoms with Gasteiger partial charge in [0.1, 0.15) is 11.5 Å². The minimum atomic E-state index is -1.48. The van der Waals surface area contributed by atoms with Crippen molar-refractivity contribution < 1.29 is 19.2 Å². The van der Waals surface area contributed by atoms with E-state index >= 15 is 0 Å². The van der Waals surface area contributed by atoms with Gasteiger partial charge < -0.3 is 14.8 Å². The van der Waals surface area contributed by atoms with Crippen LogP contribution in [0.25, 0.3) is 0 Å². The fraction of sp³-hybridized carbons (Fsp3) is 0.480. The molecule has 1 N–H and O–H groups in total. The lowest BCUT2D eigenvalue weighted by atomic mass is 9.79. The van der Waals surface area contributed by atoms with Crippen LogP contribution in [0, 0.1) is 10.1 Å². The summed E-state index contributed by atoms with van der Waals surface area (Å²) in [5.74, 6) is 0.155. The Morgan fingerprint density at radius 3 is 2.00 bits per heavy atom. The van der Waals surface area contributed by atoms with Gasteiger partial charge in [-0.05, 0) is 35.1 Å². The van der Waals surface area contributed by atoms with E-state index in [0.29, 0.717) is 11.5 Å². The summed E-state index contributed by atoms with van der Waals surface area (Å²) >= 11 is 0. The molecule has 0 saturated carbocycles. The maximum atomic E-state index is 13.0. The Labute approximate surface area is 190 Å². The Morgan fingerprint density at radius 1 is 1.03 bits per heavy atom. The molecule has 1 unspecified atom stereocenters. The molecule has 0 saturated heterocycles. The second-order valence-corrected chi connectivity index (χ2v) is 9.86. The molecule has 32 heavy (non-hydrogen) atoms. The summed E-state index contributed by atoms with van der Waals surface area (Å²) in [6, 6.07) is 11.5. The molecule has 7 heteroatoms. The predicted octanol–water partition coefficient (Wildman–Crippen LogP) is 5.34. The second kappa shape index (κ2) is 10.0. The van der Waals surface area contributed by atoms with Gasteiger partial charge in [0.15, 0.2) is 0 Å². The number of carbonyl (C=O) groups is 1. The van der Waals surface area contributed by atoms with Gasteiger partial charge in [0, 0.05) is 34.7 Å². The molecule has 7 nitrogen and oxygen atoms in total. The largest absolute Gasteiger partial charge is 0.497 e. The van der Waals surface area contributed by atoms with Crippen LogP contribution in [0.15, 0.2) is 42.5 Å². The van der Waals surface area contributed by atoms with Crippen molar-refractivity contribution >= 4 is 11.7 Å². The molecule has 0 radical (unpaired) electrons. The highest BCUT2D eigenvalue weighted by Crippen LogP contribution is 2.42. The average Bonchev–Trinajstić information content (AvgIpc) is 2.70. The average molecular weight is 443 g/mol. The molecule has 0 aliphatic heterocycles. The Bertz CT molecular complexity index is 908. The number of esters is 1. The summed E-state index contributed by atoms with van der Waals surface area (Å²) in [6.45, 7) is 12.3. The second-order valence-electron chi connectivity index (χ2n) is 9.86. The first-order valence-corrected chi connectivity index (χ1v) is 10.7. The van der Waals surface area contributed by atoms with Crippen molar-refractivity contribution in [3.05, 3.63) is 63.7 Å². The fourth-order valence-electron chi connectivity index (χ4n) is 3.33. The van der Waals surface area contributed by atoms with E-state index in [4.69, 9.17) is 9.47 Å². The van der Waals surface area contributed by atoms with E-state index in [0.717, 1.165) is 16.8 Å². The van der Waals surface area contributed by atoms with Gasteiger partial charge in [-0.2, -0.15) is 0 Å². The van der Waals surface area contributed by atoms with Crippen molar-refractivity contribution in [1.29, 1.82) is 0 Å². The molecule has 0 fully saturated rings. The van der Waals surface area contributed by atoms with E-state index in [-0.39, 0.29) is 23.8 Å². The summed E-state index contributed by atoms with van der Waals surface area (Å²) in [5, 5.41) is 14.8. The van der Waals surface area contributed by atoms with Gasteiger partial charge >= 0.3 is 12.0 Å². The maximum absolute atomic E-state index is 13.0. The van der Waals surface area contributed by atoms with Crippen molar-refractivity contribution in [1.82, 2.24) is 0 Å². The first-order valence-electron chi connectivity index (χ1n) is 10.7. The monoisotopic (exact) mass is 442 g/mol. The van der Waals surface area contributed by atoms with Gasteiger partial charge in [0.25, 0.3) is 0 Å². The molecular formula is C25H34N2O5. The summed E-state index contributed by atoms with van der Waals surface area (Å²) < 4.78 is 11.3. The minimum Gasteiger partial charge on any atom is -0.497 e. The van der Waals surface area contributed by atoms with Gasteiger partial charge in [-0.3, -0.25) is 10.1 Å². The van der Waals surface area contributed by atoms with Crippen molar-refractivity contribution in [3.8, 4) is 11.5 Å². The number of methoxy groups -OCH3 is 1. The quantitative estimate of drug-likeness (QED) is 0.257. The molecule has 1 atom stereocenters. The Balaban J connectivity index is 2.35. The van der Waals surface area contributed by atoms with Gasteiger partial charge in [0.2, 0.25) is 0 Å². The van der Waals surface area contributed by atoms with Crippen LogP contribution in [0.4, 0.5) is 5.69 Å². The normalized spacial score (nSPS) is 12.7. The highest BCUT2D eigenvalue weighted by molar-refractivity contribution is 5.78. The molecular weight excluding hydrogens is 408 g/mol. The molecule has 0 spiro atoms. The maximum Gasteiger partial charge on any atom is 0.387 e. The number of nitrogens with one attached hydrogen (secondary N) is 1.